The lowest BCUT2D eigenvalue weighted by Crippen LogP contribution is -2.31. The molecule has 0 radical (unpaired) electrons. The molecule has 0 saturated heterocycles. The molecule has 0 bridgehead atoms. The van der Waals surface area contributed by atoms with E-state index in [1.165, 1.54) is 25.3 Å². The Morgan fingerprint density at radius 1 is 1.21 bits per heavy atom. The second-order valence-electron chi connectivity index (χ2n) is 6.17. The maximum Gasteiger partial charge on any atom is 0.257 e. The summed E-state index contributed by atoms with van der Waals surface area (Å²) < 4.78 is 39.9. The van der Waals surface area contributed by atoms with Gasteiger partial charge in [-0.25, -0.2) is 13.6 Å². The molecule has 0 aromatic heterocycles. The van der Waals surface area contributed by atoms with E-state index in [0.29, 0.717) is 31.3 Å². The van der Waals surface area contributed by atoms with Crippen LogP contribution in [0.4, 0.5) is 0 Å². The smallest absolute Gasteiger partial charge is 0.257 e. The third kappa shape index (κ3) is 4.05. The molecule has 3 rings (SSSR count). The van der Waals surface area contributed by atoms with Crippen molar-refractivity contribution in [3.63, 3.8) is 0 Å². The number of fused-ring (bicyclic) bond motifs is 1. The molecule has 0 aliphatic carbocycles. The van der Waals surface area contributed by atoms with E-state index < -0.39 is 10.0 Å². The van der Waals surface area contributed by atoms with Crippen molar-refractivity contribution in [2.24, 2.45) is 5.14 Å². The van der Waals surface area contributed by atoms with E-state index in [2.05, 4.69) is 0 Å². The Bertz CT molecular complexity index is 990. The van der Waals surface area contributed by atoms with Crippen LogP contribution in [0.25, 0.3) is 0 Å². The minimum Gasteiger partial charge on any atom is -0.496 e. The van der Waals surface area contributed by atoms with E-state index in [1.54, 1.807) is 4.90 Å². The molecule has 2 aromatic rings. The van der Waals surface area contributed by atoms with Gasteiger partial charge in [-0.3, -0.25) is 4.79 Å². The summed E-state index contributed by atoms with van der Waals surface area (Å²) in [7, 11) is -2.54. The normalized spacial score (nSPS) is 13.1. The Hall–Kier alpha value is -2.78. The molecular formula is C19H22N2O6S. The van der Waals surface area contributed by atoms with Crippen molar-refractivity contribution in [3.05, 3.63) is 47.5 Å². The van der Waals surface area contributed by atoms with Crippen LogP contribution in [0.1, 0.15) is 22.8 Å². The first-order valence-corrected chi connectivity index (χ1v) is 10.3. The summed E-state index contributed by atoms with van der Waals surface area (Å²) in [6.45, 7) is 3.41. The number of ether oxygens (including phenoxy) is 3. The summed E-state index contributed by atoms with van der Waals surface area (Å²) in [5.74, 6) is 1.15. The van der Waals surface area contributed by atoms with E-state index >= 15 is 0 Å². The van der Waals surface area contributed by atoms with Gasteiger partial charge < -0.3 is 19.1 Å². The highest BCUT2D eigenvalue weighted by Gasteiger charge is 2.24. The molecule has 2 aromatic carbocycles. The number of benzene rings is 2. The molecule has 1 aliphatic rings. The van der Waals surface area contributed by atoms with Crippen LogP contribution in [0, 0.1) is 0 Å². The molecule has 1 heterocycles. The van der Waals surface area contributed by atoms with Gasteiger partial charge in [-0.2, -0.15) is 0 Å². The molecular weight excluding hydrogens is 384 g/mol. The molecule has 9 heteroatoms. The van der Waals surface area contributed by atoms with Gasteiger partial charge in [-0.1, -0.05) is 12.1 Å². The lowest BCUT2D eigenvalue weighted by atomic mass is 10.1. The van der Waals surface area contributed by atoms with Crippen molar-refractivity contribution in [1.82, 2.24) is 4.90 Å². The van der Waals surface area contributed by atoms with Crippen molar-refractivity contribution in [2.75, 3.05) is 26.9 Å². The van der Waals surface area contributed by atoms with Crippen LogP contribution >= 0.6 is 0 Å². The first-order chi connectivity index (χ1) is 13.3. The molecule has 28 heavy (non-hydrogen) atoms. The highest BCUT2D eigenvalue weighted by molar-refractivity contribution is 7.89. The van der Waals surface area contributed by atoms with Gasteiger partial charge in [0.25, 0.3) is 5.91 Å². The van der Waals surface area contributed by atoms with Gasteiger partial charge in [-0.15, -0.1) is 0 Å². The van der Waals surface area contributed by atoms with Crippen LogP contribution in [0.2, 0.25) is 0 Å². The first-order valence-electron chi connectivity index (χ1n) is 8.72. The SMILES string of the molecule is CCN(Cc1cccc2c1OCCO2)C(=O)c1cc(S(N)(=O)=O)ccc1OC. The number of nitrogens with two attached hydrogens (primary N) is 1. The quantitative estimate of drug-likeness (QED) is 0.783. The zero-order valence-electron chi connectivity index (χ0n) is 15.7. The lowest BCUT2D eigenvalue weighted by Gasteiger charge is -2.26. The third-order valence-corrected chi connectivity index (χ3v) is 5.32. The number of carbonyl (C=O) groups excluding carboxylic acids is 1. The number of hydrogen-bond donors (Lipinski definition) is 1. The summed E-state index contributed by atoms with van der Waals surface area (Å²) in [5, 5.41) is 5.20. The van der Waals surface area contributed by atoms with E-state index in [9.17, 15) is 13.2 Å². The number of hydrogen-bond acceptors (Lipinski definition) is 6. The van der Waals surface area contributed by atoms with Gasteiger partial charge in [0.2, 0.25) is 10.0 Å². The fourth-order valence-electron chi connectivity index (χ4n) is 2.99. The zero-order valence-corrected chi connectivity index (χ0v) is 16.5. The second-order valence-corrected chi connectivity index (χ2v) is 7.73. The van der Waals surface area contributed by atoms with E-state index in [-0.39, 0.29) is 28.7 Å². The molecule has 8 nitrogen and oxygen atoms in total. The summed E-state index contributed by atoms with van der Waals surface area (Å²) in [5.41, 5.74) is 0.923. The Morgan fingerprint density at radius 2 is 1.96 bits per heavy atom. The van der Waals surface area contributed by atoms with Crippen LogP contribution in [-0.4, -0.2) is 46.1 Å². The van der Waals surface area contributed by atoms with Gasteiger partial charge in [0.05, 0.1) is 17.6 Å². The predicted molar refractivity (Wildman–Crippen MR) is 102 cm³/mol. The number of methoxy groups -OCH3 is 1. The maximum atomic E-state index is 13.1. The van der Waals surface area contributed by atoms with Crippen molar-refractivity contribution in [1.29, 1.82) is 0 Å². The number of nitrogens with zero attached hydrogens (tertiary/aromatic N) is 1. The zero-order chi connectivity index (χ0) is 20.3. The summed E-state index contributed by atoms with van der Waals surface area (Å²) in [6.07, 6.45) is 0. The molecule has 0 saturated carbocycles. The van der Waals surface area contributed by atoms with Crippen molar-refractivity contribution in [3.8, 4) is 17.2 Å². The van der Waals surface area contributed by atoms with E-state index in [0.717, 1.165) is 5.56 Å². The van der Waals surface area contributed by atoms with Crippen LogP contribution < -0.4 is 19.3 Å². The van der Waals surface area contributed by atoms with Crippen molar-refractivity contribution >= 4 is 15.9 Å². The monoisotopic (exact) mass is 406 g/mol. The standard InChI is InChI=1S/C19H22N2O6S/c1-3-21(12-13-5-4-6-17-18(13)27-10-9-26-17)19(22)15-11-14(28(20,23)24)7-8-16(15)25-2/h4-8,11H,3,9-10,12H2,1-2H3,(H2,20,23,24). The van der Waals surface area contributed by atoms with Gasteiger partial charge in [0.1, 0.15) is 19.0 Å². The van der Waals surface area contributed by atoms with Crippen LogP contribution in [0.5, 0.6) is 17.2 Å². The van der Waals surface area contributed by atoms with Crippen molar-refractivity contribution < 1.29 is 27.4 Å². The fraction of sp³-hybridized carbons (Fsp3) is 0.316. The largest absolute Gasteiger partial charge is 0.496 e. The molecule has 150 valence electrons. The third-order valence-electron chi connectivity index (χ3n) is 4.41. The van der Waals surface area contributed by atoms with E-state index in [1.807, 2.05) is 25.1 Å². The molecule has 0 spiro atoms. The summed E-state index contributed by atoms with van der Waals surface area (Å²) >= 11 is 0. The lowest BCUT2D eigenvalue weighted by molar-refractivity contribution is 0.0745. The molecule has 0 fully saturated rings. The highest BCUT2D eigenvalue weighted by atomic mass is 32.2. The number of sulfonamides is 1. The maximum absolute atomic E-state index is 13.1. The van der Waals surface area contributed by atoms with Crippen LogP contribution in [0.3, 0.4) is 0 Å². The topological polar surface area (TPSA) is 108 Å². The highest BCUT2D eigenvalue weighted by Crippen LogP contribution is 2.34. The number of para-hydroxylation sites is 1. The molecule has 0 unspecified atom stereocenters. The average Bonchev–Trinajstić information content (AvgIpc) is 2.70. The first kappa shape index (κ1) is 20.0. The molecule has 0 atom stereocenters. The summed E-state index contributed by atoms with van der Waals surface area (Å²) in [4.78, 5) is 14.6. The number of carbonyl (C=O) groups is 1. The van der Waals surface area contributed by atoms with E-state index in [4.69, 9.17) is 19.3 Å². The van der Waals surface area contributed by atoms with Crippen LogP contribution in [0.15, 0.2) is 41.3 Å². The Labute approximate surface area is 163 Å². The molecule has 1 amide bonds. The number of rotatable bonds is 6. The van der Waals surface area contributed by atoms with Gasteiger partial charge in [0, 0.05) is 18.7 Å². The number of amides is 1. The average molecular weight is 406 g/mol. The van der Waals surface area contributed by atoms with Gasteiger partial charge in [0.15, 0.2) is 11.5 Å². The minimum absolute atomic E-state index is 0.123. The number of primary sulfonamides is 1. The van der Waals surface area contributed by atoms with Gasteiger partial charge in [-0.05, 0) is 31.2 Å². The van der Waals surface area contributed by atoms with Gasteiger partial charge >= 0.3 is 0 Å². The second kappa shape index (κ2) is 8.07. The summed E-state index contributed by atoms with van der Waals surface area (Å²) in [6, 6.07) is 9.47. The van der Waals surface area contributed by atoms with Crippen molar-refractivity contribution in [2.45, 2.75) is 18.4 Å². The Balaban J connectivity index is 1.95. The minimum atomic E-state index is -3.95. The predicted octanol–water partition coefficient (Wildman–Crippen LogP) is 1.78. The fourth-order valence-corrected chi connectivity index (χ4v) is 3.53. The van der Waals surface area contributed by atoms with Crippen LogP contribution in [-0.2, 0) is 16.6 Å². The molecule has 2 N–H and O–H groups in total. The Kier molecular flexibility index (Phi) is 5.76. The molecule has 1 aliphatic heterocycles. The Morgan fingerprint density at radius 3 is 2.64 bits per heavy atom.